The molecular weight excluding hydrogens is 232 g/mol. The molecule has 2 nitrogen and oxygen atoms in total. The lowest BCUT2D eigenvalue weighted by Crippen LogP contribution is -2.19. The molecule has 17 heavy (non-hydrogen) atoms. The number of hydrogen-bond acceptors (Lipinski definition) is 1. The van der Waals surface area contributed by atoms with E-state index in [1.54, 1.807) is 0 Å². The molecule has 1 heterocycles. The van der Waals surface area contributed by atoms with Crippen LogP contribution in [-0.4, -0.2) is 29.4 Å². The van der Waals surface area contributed by atoms with E-state index in [1.165, 1.54) is 22.2 Å². The largest absolute Gasteiger partial charge is 0.358 e. The van der Waals surface area contributed by atoms with Crippen LogP contribution in [0.25, 0.3) is 10.9 Å². The Bertz CT molecular complexity index is 490. The van der Waals surface area contributed by atoms with Gasteiger partial charge in [-0.2, -0.15) is 0 Å². The maximum Gasteiger partial charge on any atom is 0.0459 e. The number of rotatable bonds is 5. The average molecular weight is 251 g/mol. The Balaban J connectivity index is 2.20. The number of fused-ring (bicyclic) bond motifs is 1. The topological polar surface area (TPSA) is 19.0 Å². The van der Waals surface area contributed by atoms with Crippen molar-refractivity contribution in [1.29, 1.82) is 0 Å². The third-order valence-corrected chi connectivity index (χ3v) is 3.40. The second-order valence-electron chi connectivity index (χ2n) is 4.55. The van der Waals surface area contributed by atoms with Gasteiger partial charge in [0.1, 0.15) is 0 Å². The molecule has 0 saturated carbocycles. The first-order chi connectivity index (χ1) is 8.22. The number of para-hydroxylation sites is 1. The number of nitrogens with zero attached hydrogens (tertiary/aromatic N) is 1. The average Bonchev–Trinajstić information content (AvgIpc) is 2.64. The summed E-state index contributed by atoms with van der Waals surface area (Å²) in [6.45, 7) is 4.17. The lowest BCUT2D eigenvalue weighted by Gasteiger charge is -2.16. The van der Waals surface area contributed by atoms with E-state index in [4.69, 9.17) is 11.6 Å². The fourth-order valence-electron chi connectivity index (χ4n) is 2.22. The zero-order chi connectivity index (χ0) is 12.3. The highest BCUT2D eigenvalue weighted by molar-refractivity contribution is 6.17. The van der Waals surface area contributed by atoms with Crippen molar-refractivity contribution >= 4 is 22.5 Å². The van der Waals surface area contributed by atoms with Crippen LogP contribution >= 0.6 is 11.6 Å². The van der Waals surface area contributed by atoms with Gasteiger partial charge in [-0.1, -0.05) is 18.2 Å². The lowest BCUT2D eigenvalue weighted by molar-refractivity contribution is 0.329. The van der Waals surface area contributed by atoms with Crippen LogP contribution in [0.3, 0.4) is 0 Å². The number of aromatic amines is 1. The predicted octanol–water partition coefficient (Wildman–Crippen LogP) is 3.54. The SMILES string of the molecule is Cc1[nH]c2ccccc2c1CN(C)CCCCl. The van der Waals surface area contributed by atoms with Crippen molar-refractivity contribution in [2.24, 2.45) is 0 Å². The summed E-state index contributed by atoms with van der Waals surface area (Å²) in [5.41, 5.74) is 3.90. The van der Waals surface area contributed by atoms with Crippen molar-refractivity contribution in [3.05, 3.63) is 35.5 Å². The molecule has 3 heteroatoms. The lowest BCUT2D eigenvalue weighted by atomic mass is 10.1. The number of hydrogen-bond donors (Lipinski definition) is 1. The highest BCUT2D eigenvalue weighted by Crippen LogP contribution is 2.22. The molecule has 0 saturated heterocycles. The fraction of sp³-hybridized carbons (Fsp3) is 0.429. The van der Waals surface area contributed by atoms with Gasteiger partial charge in [0.2, 0.25) is 0 Å². The van der Waals surface area contributed by atoms with Crippen LogP contribution in [0, 0.1) is 6.92 Å². The van der Waals surface area contributed by atoms with Crippen LogP contribution in [0.1, 0.15) is 17.7 Å². The van der Waals surface area contributed by atoms with Gasteiger partial charge in [-0.25, -0.2) is 0 Å². The molecule has 2 rings (SSSR count). The van der Waals surface area contributed by atoms with Crippen molar-refractivity contribution in [2.45, 2.75) is 19.9 Å². The zero-order valence-electron chi connectivity index (χ0n) is 10.5. The molecule has 0 aliphatic heterocycles. The highest BCUT2D eigenvalue weighted by atomic mass is 35.5. The summed E-state index contributed by atoms with van der Waals surface area (Å²) in [5.74, 6) is 0.733. The second-order valence-corrected chi connectivity index (χ2v) is 4.93. The number of aryl methyl sites for hydroxylation is 1. The molecule has 0 bridgehead atoms. The number of nitrogens with one attached hydrogen (secondary N) is 1. The van der Waals surface area contributed by atoms with Gasteiger partial charge >= 0.3 is 0 Å². The van der Waals surface area contributed by atoms with Gasteiger partial charge < -0.3 is 9.88 Å². The molecule has 1 aromatic carbocycles. The summed E-state index contributed by atoms with van der Waals surface area (Å²) in [6.07, 6.45) is 1.04. The smallest absolute Gasteiger partial charge is 0.0459 e. The van der Waals surface area contributed by atoms with Crippen LogP contribution in [0.5, 0.6) is 0 Å². The normalized spacial score (nSPS) is 11.5. The van der Waals surface area contributed by atoms with Crippen LogP contribution in [0.15, 0.2) is 24.3 Å². The minimum atomic E-state index is 0.733. The first-order valence-electron chi connectivity index (χ1n) is 6.03. The van der Waals surface area contributed by atoms with Crippen molar-refractivity contribution in [2.75, 3.05) is 19.5 Å². The third-order valence-electron chi connectivity index (χ3n) is 3.13. The number of H-pyrrole nitrogens is 1. The van der Waals surface area contributed by atoms with Crippen molar-refractivity contribution in [3.8, 4) is 0 Å². The predicted molar refractivity (Wildman–Crippen MR) is 74.7 cm³/mol. The molecule has 0 radical (unpaired) electrons. The molecule has 0 aliphatic carbocycles. The first-order valence-corrected chi connectivity index (χ1v) is 6.56. The molecule has 92 valence electrons. The minimum Gasteiger partial charge on any atom is -0.358 e. The molecule has 0 atom stereocenters. The molecule has 0 amide bonds. The van der Waals surface area contributed by atoms with Crippen molar-refractivity contribution < 1.29 is 0 Å². The molecule has 1 aromatic heterocycles. The fourth-order valence-corrected chi connectivity index (χ4v) is 2.34. The Morgan fingerprint density at radius 2 is 2.06 bits per heavy atom. The maximum absolute atomic E-state index is 5.72. The van der Waals surface area contributed by atoms with Crippen LogP contribution in [0.4, 0.5) is 0 Å². The van der Waals surface area contributed by atoms with E-state index in [0.29, 0.717) is 0 Å². The van der Waals surface area contributed by atoms with E-state index in [2.05, 4.69) is 48.1 Å². The Labute approximate surface area is 108 Å². The van der Waals surface area contributed by atoms with Gasteiger partial charge in [0.15, 0.2) is 0 Å². The van der Waals surface area contributed by atoms with Crippen LogP contribution < -0.4 is 0 Å². The minimum absolute atomic E-state index is 0.733. The zero-order valence-corrected chi connectivity index (χ0v) is 11.2. The summed E-state index contributed by atoms with van der Waals surface area (Å²) in [4.78, 5) is 5.76. The van der Waals surface area contributed by atoms with Gasteiger partial charge in [0.05, 0.1) is 0 Å². The van der Waals surface area contributed by atoms with Gasteiger partial charge in [-0.15, -0.1) is 11.6 Å². The Morgan fingerprint density at radius 3 is 2.82 bits per heavy atom. The number of benzene rings is 1. The van der Waals surface area contributed by atoms with Gasteiger partial charge in [-0.05, 0) is 38.6 Å². The van der Waals surface area contributed by atoms with Crippen molar-refractivity contribution in [1.82, 2.24) is 9.88 Å². The monoisotopic (exact) mass is 250 g/mol. The summed E-state index contributed by atoms with van der Waals surface area (Å²) in [5, 5.41) is 1.34. The van der Waals surface area contributed by atoms with E-state index in [9.17, 15) is 0 Å². The van der Waals surface area contributed by atoms with E-state index in [0.717, 1.165) is 25.4 Å². The number of halogens is 1. The van der Waals surface area contributed by atoms with Gasteiger partial charge in [-0.3, -0.25) is 0 Å². The van der Waals surface area contributed by atoms with E-state index >= 15 is 0 Å². The quantitative estimate of drug-likeness (QED) is 0.805. The Hall–Kier alpha value is -0.990. The van der Waals surface area contributed by atoms with E-state index < -0.39 is 0 Å². The molecule has 0 unspecified atom stereocenters. The van der Waals surface area contributed by atoms with Gasteiger partial charge in [0.25, 0.3) is 0 Å². The molecular formula is C14H19ClN2. The van der Waals surface area contributed by atoms with Crippen molar-refractivity contribution in [3.63, 3.8) is 0 Å². The number of aromatic nitrogens is 1. The van der Waals surface area contributed by atoms with E-state index in [1.807, 2.05) is 0 Å². The third kappa shape index (κ3) is 2.82. The Kier molecular flexibility index (Phi) is 4.08. The maximum atomic E-state index is 5.72. The van der Waals surface area contributed by atoms with Crippen LogP contribution in [0.2, 0.25) is 0 Å². The van der Waals surface area contributed by atoms with Gasteiger partial charge in [0, 0.05) is 29.0 Å². The molecule has 0 aliphatic rings. The standard InChI is InChI=1S/C14H19ClN2/c1-11-13(10-17(2)9-5-8-15)12-6-3-4-7-14(12)16-11/h3-4,6-7,16H,5,8-10H2,1-2H3. The molecule has 1 N–H and O–H groups in total. The summed E-state index contributed by atoms with van der Waals surface area (Å²) >= 11 is 5.72. The highest BCUT2D eigenvalue weighted by Gasteiger charge is 2.09. The Morgan fingerprint density at radius 1 is 1.29 bits per heavy atom. The number of alkyl halides is 1. The summed E-state index contributed by atoms with van der Waals surface area (Å²) in [7, 11) is 2.15. The summed E-state index contributed by atoms with van der Waals surface area (Å²) in [6, 6.07) is 8.48. The second kappa shape index (κ2) is 5.56. The van der Waals surface area contributed by atoms with Crippen LogP contribution in [-0.2, 0) is 6.54 Å². The molecule has 0 spiro atoms. The first kappa shape index (κ1) is 12.5. The van der Waals surface area contributed by atoms with E-state index in [-0.39, 0.29) is 0 Å². The molecule has 0 fully saturated rings. The summed E-state index contributed by atoms with van der Waals surface area (Å²) < 4.78 is 0. The molecule has 2 aromatic rings.